The van der Waals surface area contributed by atoms with E-state index in [0.717, 1.165) is 11.1 Å². The van der Waals surface area contributed by atoms with Crippen LogP contribution in [0.5, 0.6) is 0 Å². The zero-order valence-electron chi connectivity index (χ0n) is 16.3. The van der Waals surface area contributed by atoms with Crippen LogP contribution in [0.15, 0.2) is 42.5 Å². The number of nitrogens with one attached hydrogen (secondary N) is 1. The van der Waals surface area contributed by atoms with Crippen LogP contribution < -0.4 is 10.8 Å². The van der Waals surface area contributed by atoms with Gasteiger partial charge in [0.1, 0.15) is 12.6 Å². The van der Waals surface area contributed by atoms with Gasteiger partial charge in [0.2, 0.25) is 0 Å². The zero-order valence-corrected chi connectivity index (χ0v) is 16.3. The predicted octanol–water partition coefficient (Wildman–Crippen LogP) is 1.71. The molecule has 0 saturated heterocycles. The third kappa shape index (κ3) is 4.26. The summed E-state index contributed by atoms with van der Waals surface area (Å²) in [6.45, 7) is 5.94. The molecule has 146 valence electrons. The van der Waals surface area contributed by atoms with Crippen LogP contribution >= 0.6 is 0 Å². The maximum Gasteiger partial charge on any atom is 0.492 e. The molecule has 0 bridgehead atoms. The summed E-state index contributed by atoms with van der Waals surface area (Å²) in [5.74, 6) is -1.000. The topological polar surface area (TPSA) is 84.9 Å². The highest BCUT2D eigenvalue weighted by Crippen LogP contribution is 2.17. The normalized spacial score (nSPS) is 14.0. The number of ether oxygens (including phenoxy) is 1. The molecule has 1 atom stereocenters. The van der Waals surface area contributed by atoms with Crippen molar-refractivity contribution in [3.63, 3.8) is 0 Å². The standard InChI is InChI=1S/C21H24BNO5/c1-13(2)19(21(25)27-11-15-7-5-4-6-8-15)23-20(24)17-10-9-16-12-28-22(26)18(16)14(17)3/h4-10,13,19,26H,11-12H2,1-3H3,(H,23,24)/t19-/m1/s1. The van der Waals surface area contributed by atoms with Gasteiger partial charge < -0.3 is 19.7 Å². The Kier molecular flexibility index (Phi) is 6.16. The van der Waals surface area contributed by atoms with Gasteiger partial charge in [0.15, 0.2) is 0 Å². The van der Waals surface area contributed by atoms with E-state index in [0.29, 0.717) is 23.2 Å². The molecule has 1 heterocycles. The third-order valence-corrected chi connectivity index (χ3v) is 4.92. The molecule has 7 heteroatoms. The van der Waals surface area contributed by atoms with Crippen molar-refractivity contribution in [2.75, 3.05) is 0 Å². The Labute approximate surface area is 165 Å². The highest BCUT2D eigenvalue weighted by molar-refractivity contribution is 6.62. The molecule has 0 spiro atoms. The van der Waals surface area contributed by atoms with Crippen molar-refractivity contribution in [2.24, 2.45) is 5.92 Å². The summed E-state index contributed by atoms with van der Waals surface area (Å²) in [6, 6.07) is 12.1. The van der Waals surface area contributed by atoms with Crippen molar-refractivity contribution < 1.29 is 24.0 Å². The Morgan fingerprint density at radius 2 is 1.93 bits per heavy atom. The van der Waals surface area contributed by atoms with Crippen LogP contribution in [0, 0.1) is 12.8 Å². The largest absolute Gasteiger partial charge is 0.492 e. The number of hydrogen-bond donors (Lipinski definition) is 2. The van der Waals surface area contributed by atoms with E-state index in [4.69, 9.17) is 9.39 Å². The first-order valence-corrected chi connectivity index (χ1v) is 9.32. The van der Waals surface area contributed by atoms with Crippen LogP contribution in [0.2, 0.25) is 0 Å². The Bertz CT molecular complexity index is 869. The predicted molar refractivity (Wildman–Crippen MR) is 106 cm³/mol. The number of hydrogen-bond acceptors (Lipinski definition) is 5. The van der Waals surface area contributed by atoms with Gasteiger partial charge in [-0.15, -0.1) is 0 Å². The molecule has 6 nitrogen and oxygen atoms in total. The van der Waals surface area contributed by atoms with Crippen molar-refractivity contribution in [1.29, 1.82) is 0 Å². The van der Waals surface area contributed by atoms with Gasteiger partial charge in [-0.05, 0) is 41.1 Å². The van der Waals surface area contributed by atoms with Gasteiger partial charge >= 0.3 is 13.1 Å². The molecule has 1 aliphatic heterocycles. The number of benzene rings is 2. The molecule has 28 heavy (non-hydrogen) atoms. The number of fused-ring (bicyclic) bond motifs is 1. The lowest BCUT2D eigenvalue weighted by atomic mass is 9.75. The molecule has 2 aromatic rings. The van der Waals surface area contributed by atoms with E-state index in [1.165, 1.54) is 0 Å². The van der Waals surface area contributed by atoms with Gasteiger partial charge in [0, 0.05) is 5.56 Å². The monoisotopic (exact) mass is 381 g/mol. The molecule has 0 saturated carbocycles. The fourth-order valence-electron chi connectivity index (χ4n) is 3.29. The fourth-order valence-corrected chi connectivity index (χ4v) is 3.29. The maximum atomic E-state index is 12.8. The SMILES string of the molecule is Cc1c(C(=O)N[C@@H](C(=O)OCc2ccccc2)C(C)C)ccc2c1B(O)OC2. The second kappa shape index (κ2) is 8.58. The van der Waals surface area contributed by atoms with Crippen molar-refractivity contribution >= 4 is 24.5 Å². The van der Waals surface area contributed by atoms with E-state index in [1.807, 2.05) is 44.2 Å². The number of carbonyl (C=O) groups is 2. The summed E-state index contributed by atoms with van der Waals surface area (Å²) in [4.78, 5) is 25.4. The Morgan fingerprint density at radius 3 is 2.61 bits per heavy atom. The average molecular weight is 381 g/mol. The first kappa shape index (κ1) is 20.1. The molecule has 0 aliphatic carbocycles. The summed E-state index contributed by atoms with van der Waals surface area (Å²) in [5.41, 5.74) is 3.43. The second-order valence-electron chi connectivity index (χ2n) is 7.26. The average Bonchev–Trinajstić information content (AvgIpc) is 3.06. The first-order chi connectivity index (χ1) is 13.4. The molecular weight excluding hydrogens is 357 g/mol. The van der Waals surface area contributed by atoms with Gasteiger partial charge in [-0.2, -0.15) is 0 Å². The molecule has 3 rings (SSSR count). The molecule has 0 fully saturated rings. The summed E-state index contributed by atoms with van der Waals surface area (Å²) in [6.07, 6.45) is 0. The van der Waals surface area contributed by atoms with Crippen LogP contribution in [0.4, 0.5) is 0 Å². The molecule has 0 radical (unpaired) electrons. The molecule has 2 N–H and O–H groups in total. The summed E-state index contributed by atoms with van der Waals surface area (Å²) in [5, 5.41) is 12.8. The highest BCUT2D eigenvalue weighted by Gasteiger charge is 2.32. The Balaban J connectivity index is 1.71. The quantitative estimate of drug-likeness (QED) is 0.588. The molecular formula is C21H24BNO5. The van der Waals surface area contributed by atoms with E-state index in [2.05, 4.69) is 5.32 Å². The number of esters is 1. The summed E-state index contributed by atoms with van der Waals surface area (Å²) < 4.78 is 10.6. The van der Waals surface area contributed by atoms with Gasteiger partial charge in [-0.25, -0.2) is 4.79 Å². The van der Waals surface area contributed by atoms with E-state index in [9.17, 15) is 14.6 Å². The van der Waals surface area contributed by atoms with Gasteiger partial charge in [0.25, 0.3) is 5.91 Å². The Hall–Kier alpha value is -2.64. The highest BCUT2D eigenvalue weighted by atomic mass is 16.5. The van der Waals surface area contributed by atoms with Crippen molar-refractivity contribution in [3.05, 3.63) is 64.7 Å². The minimum Gasteiger partial charge on any atom is -0.459 e. The Morgan fingerprint density at radius 1 is 1.21 bits per heavy atom. The van der Waals surface area contributed by atoms with E-state index >= 15 is 0 Å². The van der Waals surface area contributed by atoms with Crippen LogP contribution in [-0.2, 0) is 27.4 Å². The molecule has 2 aromatic carbocycles. The maximum absolute atomic E-state index is 12.8. The molecule has 0 unspecified atom stereocenters. The van der Waals surface area contributed by atoms with Crippen molar-refractivity contribution in [1.82, 2.24) is 5.32 Å². The molecule has 0 aromatic heterocycles. The zero-order chi connectivity index (χ0) is 20.3. The van der Waals surface area contributed by atoms with Crippen molar-refractivity contribution in [2.45, 2.75) is 40.0 Å². The van der Waals surface area contributed by atoms with E-state index in [-0.39, 0.29) is 18.4 Å². The number of rotatable bonds is 6. The van der Waals surface area contributed by atoms with Crippen LogP contribution in [0.1, 0.15) is 40.9 Å². The van der Waals surface area contributed by atoms with Crippen LogP contribution in [0.3, 0.4) is 0 Å². The smallest absolute Gasteiger partial charge is 0.459 e. The lowest BCUT2D eigenvalue weighted by Gasteiger charge is -2.22. The third-order valence-electron chi connectivity index (χ3n) is 4.92. The van der Waals surface area contributed by atoms with Gasteiger partial charge in [-0.1, -0.05) is 50.2 Å². The van der Waals surface area contributed by atoms with Crippen molar-refractivity contribution in [3.8, 4) is 0 Å². The van der Waals surface area contributed by atoms with Gasteiger partial charge in [-0.3, -0.25) is 4.79 Å². The molecule has 1 amide bonds. The van der Waals surface area contributed by atoms with Gasteiger partial charge in [0.05, 0.1) is 6.61 Å². The number of carbonyl (C=O) groups excluding carboxylic acids is 2. The first-order valence-electron chi connectivity index (χ1n) is 9.32. The summed E-state index contributed by atoms with van der Waals surface area (Å²) >= 11 is 0. The van der Waals surface area contributed by atoms with Crippen LogP contribution in [-0.4, -0.2) is 30.1 Å². The second-order valence-corrected chi connectivity index (χ2v) is 7.26. The molecule has 1 aliphatic rings. The van der Waals surface area contributed by atoms with Crippen LogP contribution in [0.25, 0.3) is 0 Å². The lowest BCUT2D eigenvalue weighted by molar-refractivity contribution is -0.148. The minimum absolute atomic E-state index is 0.143. The lowest BCUT2D eigenvalue weighted by Crippen LogP contribution is -2.46. The van der Waals surface area contributed by atoms with E-state index in [1.54, 1.807) is 19.1 Å². The summed E-state index contributed by atoms with van der Waals surface area (Å²) in [7, 11) is -1.03. The number of amides is 1. The minimum atomic E-state index is -1.03. The van der Waals surface area contributed by atoms with E-state index < -0.39 is 19.1 Å². The fraction of sp³-hybridized carbons (Fsp3) is 0.333.